The van der Waals surface area contributed by atoms with E-state index in [1.807, 2.05) is 43.3 Å². The molecule has 0 aliphatic rings. The van der Waals surface area contributed by atoms with Gasteiger partial charge in [-0.3, -0.25) is 0 Å². The second-order valence-corrected chi connectivity index (χ2v) is 8.04. The number of phenols is 1. The van der Waals surface area contributed by atoms with E-state index in [4.69, 9.17) is 27.9 Å². The van der Waals surface area contributed by atoms with Crippen LogP contribution in [0.5, 0.6) is 11.5 Å². The molecule has 3 aromatic rings. The van der Waals surface area contributed by atoms with Crippen LogP contribution in [-0.4, -0.2) is 12.2 Å². The number of ether oxygens (including phenoxy) is 1. The van der Waals surface area contributed by atoms with Crippen LogP contribution in [0.2, 0.25) is 10.0 Å². The molecule has 0 spiro atoms. The predicted octanol–water partition coefficient (Wildman–Crippen LogP) is 7.03. The summed E-state index contributed by atoms with van der Waals surface area (Å²) in [7, 11) is 1.66. The topological polar surface area (TPSA) is 41.5 Å². The van der Waals surface area contributed by atoms with E-state index in [-0.39, 0.29) is 5.75 Å². The quantitative estimate of drug-likeness (QED) is 0.392. The van der Waals surface area contributed by atoms with Crippen molar-refractivity contribution in [2.45, 2.75) is 29.7 Å². The molecule has 0 unspecified atom stereocenters. The highest BCUT2D eigenvalue weighted by atomic mass is 35.5. The molecule has 3 rings (SSSR count). The summed E-state index contributed by atoms with van der Waals surface area (Å²) < 4.78 is 5.21. The third-order valence-electron chi connectivity index (χ3n) is 4.37. The summed E-state index contributed by atoms with van der Waals surface area (Å²) in [5.41, 5.74) is 2.38. The van der Waals surface area contributed by atoms with E-state index in [9.17, 15) is 5.11 Å². The van der Waals surface area contributed by atoms with E-state index >= 15 is 0 Å². The van der Waals surface area contributed by atoms with Gasteiger partial charge in [0.1, 0.15) is 5.75 Å². The molecule has 0 fully saturated rings. The fourth-order valence-electron chi connectivity index (χ4n) is 2.82. The van der Waals surface area contributed by atoms with Gasteiger partial charge in [0.05, 0.1) is 17.8 Å². The Balaban J connectivity index is 1.79. The number of benzene rings is 3. The van der Waals surface area contributed by atoms with Crippen LogP contribution in [0.25, 0.3) is 0 Å². The van der Waals surface area contributed by atoms with Crippen molar-refractivity contribution in [2.24, 2.45) is 0 Å². The Bertz CT molecular complexity index is 961. The summed E-state index contributed by atoms with van der Waals surface area (Å²) in [6.07, 6.45) is 0.660. The molecule has 0 aromatic heterocycles. The standard InChI is InChI=1S/C22H21Cl2NO2S/c1-3-17-18(23)12-19(22(26)21(17)24)25-13-14-6-4-5-7-20(14)28-16-10-8-15(27-2)9-11-16/h4-12,25-26H,3,13H2,1-2H3. The lowest BCUT2D eigenvalue weighted by Crippen LogP contribution is -2.02. The molecule has 0 aliphatic carbocycles. The SMILES string of the molecule is CCc1c(Cl)cc(NCc2ccccc2Sc2ccc(OC)cc2)c(O)c1Cl. The van der Waals surface area contributed by atoms with Gasteiger partial charge in [-0.2, -0.15) is 0 Å². The molecule has 0 saturated heterocycles. The van der Waals surface area contributed by atoms with E-state index in [2.05, 4.69) is 17.4 Å². The molecule has 0 bridgehead atoms. The Morgan fingerprint density at radius 1 is 1.07 bits per heavy atom. The maximum atomic E-state index is 10.4. The molecule has 6 heteroatoms. The number of aromatic hydroxyl groups is 1. The normalized spacial score (nSPS) is 10.7. The van der Waals surface area contributed by atoms with Crippen molar-refractivity contribution in [1.29, 1.82) is 0 Å². The zero-order chi connectivity index (χ0) is 20.1. The lowest BCUT2D eigenvalue weighted by atomic mass is 10.1. The molecule has 146 valence electrons. The average Bonchev–Trinajstić information content (AvgIpc) is 2.71. The minimum atomic E-state index is 0.0307. The Morgan fingerprint density at radius 3 is 2.46 bits per heavy atom. The molecular weight excluding hydrogens is 413 g/mol. The van der Waals surface area contributed by atoms with Gasteiger partial charge in [0.25, 0.3) is 0 Å². The summed E-state index contributed by atoms with van der Waals surface area (Å²) in [6.45, 7) is 2.48. The smallest absolute Gasteiger partial charge is 0.157 e. The van der Waals surface area contributed by atoms with Crippen molar-refractivity contribution in [3.63, 3.8) is 0 Å². The van der Waals surface area contributed by atoms with Crippen molar-refractivity contribution in [2.75, 3.05) is 12.4 Å². The number of anilines is 1. The van der Waals surface area contributed by atoms with Gasteiger partial charge in [-0.15, -0.1) is 0 Å². The van der Waals surface area contributed by atoms with Gasteiger partial charge in [-0.25, -0.2) is 0 Å². The van der Waals surface area contributed by atoms with E-state index < -0.39 is 0 Å². The van der Waals surface area contributed by atoms with Crippen LogP contribution in [0.15, 0.2) is 64.4 Å². The number of hydrogen-bond donors (Lipinski definition) is 2. The maximum absolute atomic E-state index is 10.4. The minimum absolute atomic E-state index is 0.0307. The van der Waals surface area contributed by atoms with Gasteiger partial charge in [-0.05, 0) is 53.9 Å². The Hall–Kier alpha value is -2.01. The van der Waals surface area contributed by atoms with Gasteiger partial charge in [0.15, 0.2) is 5.75 Å². The van der Waals surface area contributed by atoms with Crippen molar-refractivity contribution in [3.8, 4) is 11.5 Å². The predicted molar refractivity (Wildman–Crippen MR) is 118 cm³/mol. The highest BCUT2D eigenvalue weighted by molar-refractivity contribution is 7.99. The van der Waals surface area contributed by atoms with Crippen molar-refractivity contribution in [1.82, 2.24) is 0 Å². The fraction of sp³-hybridized carbons (Fsp3) is 0.182. The number of methoxy groups -OCH3 is 1. The Labute approximate surface area is 179 Å². The molecular formula is C22H21Cl2NO2S. The first-order chi connectivity index (χ1) is 13.5. The number of hydrogen-bond acceptors (Lipinski definition) is 4. The van der Waals surface area contributed by atoms with Gasteiger partial charge in [0.2, 0.25) is 0 Å². The molecule has 3 aromatic carbocycles. The molecule has 0 saturated carbocycles. The molecule has 0 heterocycles. The minimum Gasteiger partial charge on any atom is -0.504 e. The molecule has 28 heavy (non-hydrogen) atoms. The largest absolute Gasteiger partial charge is 0.504 e. The van der Waals surface area contributed by atoms with Gasteiger partial charge in [-0.1, -0.05) is 60.1 Å². The summed E-state index contributed by atoms with van der Waals surface area (Å²) >= 11 is 14.2. The highest BCUT2D eigenvalue weighted by Gasteiger charge is 2.14. The maximum Gasteiger partial charge on any atom is 0.157 e. The van der Waals surface area contributed by atoms with Crippen LogP contribution in [0.4, 0.5) is 5.69 Å². The third-order valence-corrected chi connectivity index (χ3v) is 6.24. The van der Waals surface area contributed by atoms with E-state index in [0.717, 1.165) is 26.7 Å². The van der Waals surface area contributed by atoms with Crippen LogP contribution in [0.1, 0.15) is 18.1 Å². The van der Waals surface area contributed by atoms with Crippen LogP contribution < -0.4 is 10.1 Å². The lowest BCUT2D eigenvalue weighted by molar-refractivity contribution is 0.414. The number of phenolic OH excluding ortho intramolecular Hbond substituents is 1. The average molecular weight is 434 g/mol. The van der Waals surface area contributed by atoms with Crippen LogP contribution in [-0.2, 0) is 13.0 Å². The molecule has 2 N–H and O–H groups in total. The zero-order valence-electron chi connectivity index (χ0n) is 15.6. The monoisotopic (exact) mass is 433 g/mol. The highest BCUT2D eigenvalue weighted by Crippen LogP contribution is 2.40. The first kappa shape index (κ1) is 20.7. The molecule has 0 aliphatic heterocycles. The van der Waals surface area contributed by atoms with Gasteiger partial charge in [0, 0.05) is 21.4 Å². The molecule has 0 atom stereocenters. The van der Waals surface area contributed by atoms with Crippen LogP contribution >= 0.6 is 35.0 Å². The first-order valence-corrected chi connectivity index (χ1v) is 10.4. The summed E-state index contributed by atoms with van der Waals surface area (Å²) in [4.78, 5) is 2.25. The summed E-state index contributed by atoms with van der Waals surface area (Å²) in [6, 6.07) is 17.8. The number of halogens is 2. The van der Waals surface area contributed by atoms with Crippen molar-refractivity contribution < 1.29 is 9.84 Å². The number of nitrogens with one attached hydrogen (secondary N) is 1. The van der Waals surface area contributed by atoms with Crippen molar-refractivity contribution in [3.05, 3.63) is 75.8 Å². The van der Waals surface area contributed by atoms with Crippen LogP contribution in [0.3, 0.4) is 0 Å². The van der Waals surface area contributed by atoms with Gasteiger partial charge < -0.3 is 15.2 Å². The van der Waals surface area contributed by atoms with E-state index in [1.165, 1.54) is 0 Å². The second-order valence-electron chi connectivity index (χ2n) is 6.14. The molecule has 0 radical (unpaired) electrons. The Morgan fingerprint density at radius 2 is 1.79 bits per heavy atom. The zero-order valence-corrected chi connectivity index (χ0v) is 18.0. The first-order valence-electron chi connectivity index (χ1n) is 8.87. The third kappa shape index (κ3) is 4.69. The second kappa shape index (κ2) is 9.46. The summed E-state index contributed by atoms with van der Waals surface area (Å²) in [5.74, 6) is 0.863. The number of rotatable bonds is 7. The van der Waals surface area contributed by atoms with E-state index in [0.29, 0.717) is 28.7 Å². The van der Waals surface area contributed by atoms with Gasteiger partial charge >= 0.3 is 0 Å². The van der Waals surface area contributed by atoms with Crippen molar-refractivity contribution >= 4 is 40.7 Å². The lowest BCUT2D eigenvalue weighted by Gasteiger charge is -2.15. The van der Waals surface area contributed by atoms with E-state index in [1.54, 1.807) is 24.9 Å². The molecule has 0 amide bonds. The molecule has 3 nitrogen and oxygen atoms in total. The van der Waals surface area contributed by atoms with Crippen LogP contribution in [0, 0.1) is 0 Å². The summed E-state index contributed by atoms with van der Waals surface area (Å²) in [5, 5.41) is 14.5. The fourth-order valence-corrected chi connectivity index (χ4v) is 4.48. The Kier molecular flexibility index (Phi) is 7.00.